The maximum atomic E-state index is 12.0. The monoisotopic (exact) mass is 250 g/mol. The molecule has 0 aliphatic carbocycles. The Kier molecular flexibility index (Phi) is 5.69. The number of hydrogen-bond acceptors (Lipinski definition) is 3. The van der Waals surface area contributed by atoms with E-state index in [4.69, 9.17) is 9.47 Å². The summed E-state index contributed by atoms with van der Waals surface area (Å²) in [6.07, 6.45) is 1.93. The fraction of sp³-hybridized carbons (Fsp3) is 0.533. The van der Waals surface area contributed by atoms with E-state index in [9.17, 15) is 4.79 Å². The summed E-state index contributed by atoms with van der Waals surface area (Å²) in [6.45, 7) is 8.34. The van der Waals surface area contributed by atoms with Crippen molar-refractivity contribution in [3.63, 3.8) is 0 Å². The number of aryl methyl sites for hydroxylation is 1. The minimum atomic E-state index is -0.303. The summed E-state index contributed by atoms with van der Waals surface area (Å²) in [5.41, 5.74) is 1.47. The highest BCUT2D eigenvalue weighted by Gasteiger charge is 2.16. The van der Waals surface area contributed by atoms with Gasteiger partial charge in [0, 0.05) is 0 Å². The van der Waals surface area contributed by atoms with Crippen LogP contribution in [0.3, 0.4) is 0 Å². The van der Waals surface area contributed by atoms with E-state index in [1.807, 2.05) is 32.9 Å². The molecule has 1 rings (SSSR count). The number of para-hydroxylation sites is 1. The fourth-order valence-corrected chi connectivity index (χ4v) is 1.59. The van der Waals surface area contributed by atoms with Crippen molar-refractivity contribution in [1.82, 2.24) is 0 Å². The maximum absolute atomic E-state index is 12.0. The average Bonchev–Trinajstić information content (AvgIpc) is 2.31. The van der Waals surface area contributed by atoms with Crippen LogP contribution >= 0.6 is 0 Å². The molecule has 0 N–H and O–H groups in total. The first kappa shape index (κ1) is 14.6. The van der Waals surface area contributed by atoms with Gasteiger partial charge in [0.1, 0.15) is 11.3 Å². The van der Waals surface area contributed by atoms with E-state index in [0.29, 0.717) is 17.9 Å². The molecule has 0 fully saturated rings. The molecule has 0 bridgehead atoms. The number of ether oxygens (including phenoxy) is 2. The Morgan fingerprint density at radius 2 is 2.06 bits per heavy atom. The second-order valence-electron chi connectivity index (χ2n) is 4.61. The largest absolute Gasteiger partial charge is 0.490 e. The van der Waals surface area contributed by atoms with Crippen LogP contribution in [0.1, 0.15) is 49.5 Å². The van der Waals surface area contributed by atoms with Crippen LogP contribution in [0.25, 0.3) is 0 Å². The van der Waals surface area contributed by atoms with Crippen molar-refractivity contribution < 1.29 is 14.3 Å². The molecule has 0 unspecified atom stereocenters. The standard InChI is InChI=1S/C15H22O3/c1-5-6-10-17-15(16)13-9-7-8-12(4)14(13)18-11(2)3/h7-9,11H,5-6,10H2,1-4H3. The normalized spacial score (nSPS) is 10.5. The molecule has 0 heterocycles. The van der Waals surface area contributed by atoms with Gasteiger partial charge in [-0.3, -0.25) is 0 Å². The van der Waals surface area contributed by atoms with Crippen LogP contribution in [-0.2, 0) is 4.74 Å². The Morgan fingerprint density at radius 1 is 1.33 bits per heavy atom. The summed E-state index contributed by atoms with van der Waals surface area (Å²) >= 11 is 0. The molecule has 0 amide bonds. The summed E-state index contributed by atoms with van der Waals surface area (Å²) in [4.78, 5) is 12.0. The van der Waals surface area contributed by atoms with E-state index in [-0.39, 0.29) is 12.1 Å². The van der Waals surface area contributed by atoms with Crippen molar-refractivity contribution in [1.29, 1.82) is 0 Å². The predicted molar refractivity (Wildman–Crippen MR) is 72.1 cm³/mol. The van der Waals surface area contributed by atoms with Gasteiger partial charge in [-0.1, -0.05) is 25.5 Å². The lowest BCUT2D eigenvalue weighted by Gasteiger charge is -2.16. The lowest BCUT2D eigenvalue weighted by molar-refractivity contribution is 0.0493. The molecule has 1 aromatic rings. The van der Waals surface area contributed by atoms with Crippen LogP contribution < -0.4 is 4.74 Å². The lowest BCUT2D eigenvalue weighted by atomic mass is 10.1. The number of unbranched alkanes of at least 4 members (excludes halogenated alkanes) is 1. The van der Waals surface area contributed by atoms with Crippen molar-refractivity contribution in [2.24, 2.45) is 0 Å². The van der Waals surface area contributed by atoms with Gasteiger partial charge in [0.2, 0.25) is 0 Å². The first-order valence-corrected chi connectivity index (χ1v) is 6.49. The molecule has 0 atom stereocenters. The summed E-state index contributed by atoms with van der Waals surface area (Å²) in [5.74, 6) is 0.330. The molecule has 0 aliphatic heterocycles. The van der Waals surface area contributed by atoms with Gasteiger partial charge in [-0.15, -0.1) is 0 Å². The Labute approximate surface area is 109 Å². The number of esters is 1. The van der Waals surface area contributed by atoms with Gasteiger partial charge in [-0.05, 0) is 38.8 Å². The van der Waals surface area contributed by atoms with Gasteiger partial charge >= 0.3 is 5.97 Å². The summed E-state index contributed by atoms with van der Waals surface area (Å²) < 4.78 is 10.9. The highest BCUT2D eigenvalue weighted by Crippen LogP contribution is 2.25. The predicted octanol–water partition coefficient (Wildman–Crippen LogP) is 3.74. The zero-order valence-corrected chi connectivity index (χ0v) is 11.7. The third kappa shape index (κ3) is 4.06. The molecule has 0 saturated carbocycles. The molecular formula is C15H22O3. The first-order valence-electron chi connectivity index (χ1n) is 6.49. The molecule has 1 aromatic carbocycles. The van der Waals surface area contributed by atoms with E-state index in [1.54, 1.807) is 6.07 Å². The van der Waals surface area contributed by atoms with Crippen LogP contribution in [-0.4, -0.2) is 18.7 Å². The molecule has 100 valence electrons. The number of carbonyl (C=O) groups is 1. The minimum absolute atomic E-state index is 0.0355. The summed E-state index contributed by atoms with van der Waals surface area (Å²) in [7, 11) is 0. The minimum Gasteiger partial charge on any atom is -0.490 e. The van der Waals surface area contributed by atoms with E-state index in [2.05, 4.69) is 6.92 Å². The Hall–Kier alpha value is -1.51. The lowest BCUT2D eigenvalue weighted by Crippen LogP contribution is -2.13. The van der Waals surface area contributed by atoms with Gasteiger partial charge in [0.05, 0.1) is 12.7 Å². The number of benzene rings is 1. The van der Waals surface area contributed by atoms with E-state index in [0.717, 1.165) is 18.4 Å². The molecule has 0 spiro atoms. The van der Waals surface area contributed by atoms with Crippen molar-refractivity contribution in [3.8, 4) is 5.75 Å². The fourth-order valence-electron chi connectivity index (χ4n) is 1.59. The average molecular weight is 250 g/mol. The molecule has 3 nitrogen and oxygen atoms in total. The van der Waals surface area contributed by atoms with Crippen LogP contribution in [0.15, 0.2) is 18.2 Å². The Morgan fingerprint density at radius 3 is 2.67 bits per heavy atom. The topological polar surface area (TPSA) is 35.5 Å². The van der Waals surface area contributed by atoms with Gasteiger partial charge in [-0.2, -0.15) is 0 Å². The number of hydrogen-bond donors (Lipinski definition) is 0. The third-order valence-electron chi connectivity index (χ3n) is 2.52. The Bertz CT molecular complexity index is 397. The third-order valence-corrected chi connectivity index (χ3v) is 2.52. The first-order chi connectivity index (χ1) is 8.56. The molecule has 0 aromatic heterocycles. The summed E-state index contributed by atoms with van der Waals surface area (Å²) in [5, 5.41) is 0. The van der Waals surface area contributed by atoms with Crippen molar-refractivity contribution in [3.05, 3.63) is 29.3 Å². The molecule has 3 heteroatoms. The van der Waals surface area contributed by atoms with Crippen LogP contribution in [0.4, 0.5) is 0 Å². The second kappa shape index (κ2) is 7.04. The highest BCUT2D eigenvalue weighted by molar-refractivity contribution is 5.93. The maximum Gasteiger partial charge on any atom is 0.341 e. The zero-order valence-electron chi connectivity index (χ0n) is 11.7. The quantitative estimate of drug-likeness (QED) is 0.570. The van der Waals surface area contributed by atoms with Crippen LogP contribution in [0.5, 0.6) is 5.75 Å². The summed E-state index contributed by atoms with van der Waals surface area (Å²) in [6, 6.07) is 5.53. The Balaban J connectivity index is 2.86. The van der Waals surface area contributed by atoms with Gasteiger partial charge in [0.15, 0.2) is 0 Å². The zero-order chi connectivity index (χ0) is 13.5. The van der Waals surface area contributed by atoms with Crippen LogP contribution in [0, 0.1) is 6.92 Å². The highest BCUT2D eigenvalue weighted by atomic mass is 16.5. The van der Waals surface area contributed by atoms with Gasteiger partial charge < -0.3 is 9.47 Å². The van der Waals surface area contributed by atoms with E-state index >= 15 is 0 Å². The molecule has 0 aliphatic rings. The molecule has 18 heavy (non-hydrogen) atoms. The smallest absolute Gasteiger partial charge is 0.341 e. The van der Waals surface area contributed by atoms with Crippen LogP contribution in [0.2, 0.25) is 0 Å². The molecular weight excluding hydrogens is 228 g/mol. The molecule has 0 saturated heterocycles. The second-order valence-corrected chi connectivity index (χ2v) is 4.61. The van der Waals surface area contributed by atoms with Crippen molar-refractivity contribution >= 4 is 5.97 Å². The van der Waals surface area contributed by atoms with Crippen molar-refractivity contribution in [2.45, 2.75) is 46.6 Å². The van der Waals surface area contributed by atoms with Gasteiger partial charge in [-0.25, -0.2) is 4.79 Å². The van der Waals surface area contributed by atoms with Gasteiger partial charge in [0.25, 0.3) is 0 Å². The molecule has 0 radical (unpaired) electrons. The SMILES string of the molecule is CCCCOC(=O)c1cccc(C)c1OC(C)C. The van der Waals surface area contributed by atoms with E-state index in [1.165, 1.54) is 0 Å². The number of carbonyl (C=O) groups excluding carboxylic acids is 1. The number of rotatable bonds is 6. The van der Waals surface area contributed by atoms with E-state index < -0.39 is 0 Å². The van der Waals surface area contributed by atoms with Crippen molar-refractivity contribution in [2.75, 3.05) is 6.61 Å².